The maximum atomic E-state index is 5.99. The first-order valence-electron chi connectivity index (χ1n) is 7.18. The number of nitrogen functional groups attached to an aromatic ring is 1. The van der Waals surface area contributed by atoms with Crippen LogP contribution in [0.2, 0.25) is 0 Å². The summed E-state index contributed by atoms with van der Waals surface area (Å²) in [7, 11) is 1.58. The van der Waals surface area contributed by atoms with Gasteiger partial charge >= 0.3 is 0 Å². The number of ether oxygens (including phenoxy) is 2. The van der Waals surface area contributed by atoms with Crippen LogP contribution in [0.5, 0.6) is 5.75 Å². The highest BCUT2D eigenvalue weighted by molar-refractivity contribution is 5.73. The van der Waals surface area contributed by atoms with E-state index >= 15 is 0 Å². The first-order chi connectivity index (χ1) is 11.3. The predicted molar refractivity (Wildman–Crippen MR) is 89.8 cm³/mol. The summed E-state index contributed by atoms with van der Waals surface area (Å²) in [4.78, 5) is 8.92. The minimum atomic E-state index is 0.213. The Hall–Kier alpha value is -2.92. The van der Waals surface area contributed by atoms with Crippen molar-refractivity contribution in [3.8, 4) is 28.3 Å². The molecule has 2 N–H and O–H groups in total. The molecule has 0 unspecified atom stereocenters. The molecule has 0 atom stereocenters. The lowest BCUT2D eigenvalue weighted by atomic mass is 10.1. The van der Waals surface area contributed by atoms with E-state index in [1.807, 2.05) is 54.6 Å². The molecular formula is C18H17N3O2. The van der Waals surface area contributed by atoms with Crippen LogP contribution in [-0.2, 0) is 4.74 Å². The largest absolute Gasteiger partial charge is 0.468 e. The highest BCUT2D eigenvalue weighted by Gasteiger charge is 2.09. The number of hydrogen-bond donors (Lipinski definition) is 1. The molecule has 0 spiro atoms. The summed E-state index contributed by atoms with van der Waals surface area (Å²) in [5.41, 5.74) is 9.32. The van der Waals surface area contributed by atoms with E-state index in [0.717, 1.165) is 22.6 Å². The second kappa shape index (κ2) is 6.89. The third-order valence-corrected chi connectivity index (χ3v) is 3.34. The molecule has 0 amide bonds. The van der Waals surface area contributed by atoms with Gasteiger partial charge in [0.2, 0.25) is 0 Å². The molecule has 0 fully saturated rings. The lowest BCUT2D eigenvalue weighted by Crippen LogP contribution is -2.00. The molecule has 3 rings (SSSR count). The Morgan fingerprint density at radius 1 is 0.957 bits per heavy atom. The molecule has 5 nitrogen and oxygen atoms in total. The number of methoxy groups -OCH3 is 1. The van der Waals surface area contributed by atoms with Gasteiger partial charge in [0.1, 0.15) is 17.3 Å². The van der Waals surface area contributed by atoms with Gasteiger partial charge in [-0.15, -0.1) is 0 Å². The summed E-state index contributed by atoms with van der Waals surface area (Å²) < 4.78 is 10.3. The van der Waals surface area contributed by atoms with Gasteiger partial charge in [-0.2, -0.15) is 0 Å². The van der Waals surface area contributed by atoms with E-state index in [0.29, 0.717) is 11.5 Å². The standard InChI is InChI=1S/C18H17N3O2/c1-22-12-23-15-9-7-14(8-10-15)17-18(19)20-11-16(21-17)13-5-3-2-4-6-13/h2-11H,12H2,1H3,(H2,19,20). The molecular weight excluding hydrogens is 290 g/mol. The summed E-state index contributed by atoms with van der Waals surface area (Å²) in [6.45, 7) is 0.213. The van der Waals surface area contributed by atoms with Crippen LogP contribution in [0.4, 0.5) is 5.82 Å². The molecule has 2 aromatic carbocycles. The molecule has 0 aliphatic carbocycles. The van der Waals surface area contributed by atoms with Crippen LogP contribution >= 0.6 is 0 Å². The highest BCUT2D eigenvalue weighted by atomic mass is 16.7. The molecule has 0 aliphatic heterocycles. The van der Waals surface area contributed by atoms with Crippen molar-refractivity contribution >= 4 is 5.82 Å². The third-order valence-electron chi connectivity index (χ3n) is 3.34. The quantitative estimate of drug-likeness (QED) is 0.732. The summed E-state index contributed by atoms with van der Waals surface area (Å²) in [5, 5.41) is 0. The molecule has 0 saturated carbocycles. The van der Waals surface area contributed by atoms with Crippen LogP contribution in [0.3, 0.4) is 0 Å². The van der Waals surface area contributed by atoms with E-state index in [2.05, 4.69) is 9.97 Å². The number of hydrogen-bond acceptors (Lipinski definition) is 5. The van der Waals surface area contributed by atoms with Crippen LogP contribution < -0.4 is 10.5 Å². The first-order valence-corrected chi connectivity index (χ1v) is 7.18. The normalized spacial score (nSPS) is 10.5. The van der Waals surface area contributed by atoms with E-state index in [1.165, 1.54) is 0 Å². The number of nitrogens with two attached hydrogens (primary N) is 1. The first kappa shape index (κ1) is 15.0. The van der Waals surface area contributed by atoms with Crippen LogP contribution in [0, 0.1) is 0 Å². The van der Waals surface area contributed by atoms with Gasteiger partial charge in [0, 0.05) is 18.2 Å². The molecule has 0 bridgehead atoms. The van der Waals surface area contributed by atoms with Crippen LogP contribution in [-0.4, -0.2) is 23.9 Å². The van der Waals surface area contributed by atoms with E-state index in [9.17, 15) is 0 Å². The fourth-order valence-corrected chi connectivity index (χ4v) is 2.19. The van der Waals surface area contributed by atoms with Crippen LogP contribution in [0.25, 0.3) is 22.5 Å². The summed E-state index contributed by atoms with van der Waals surface area (Å²) >= 11 is 0. The predicted octanol–water partition coefficient (Wildman–Crippen LogP) is 3.38. The molecule has 0 aliphatic rings. The van der Waals surface area contributed by atoms with Crippen molar-refractivity contribution in [2.75, 3.05) is 19.6 Å². The minimum absolute atomic E-state index is 0.213. The third kappa shape index (κ3) is 3.46. The Bertz CT molecular complexity index is 774. The van der Waals surface area contributed by atoms with Crippen molar-refractivity contribution in [2.45, 2.75) is 0 Å². The lowest BCUT2D eigenvalue weighted by molar-refractivity contribution is 0.0511. The van der Waals surface area contributed by atoms with Gasteiger partial charge in [-0.3, -0.25) is 0 Å². The number of benzene rings is 2. The molecule has 3 aromatic rings. The van der Waals surface area contributed by atoms with Crippen molar-refractivity contribution in [3.05, 3.63) is 60.8 Å². The molecule has 0 radical (unpaired) electrons. The molecule has 0 saturated heterocycles. The number of anilines is 1. The fourth-order valence-electron chi connectivity index (χ4n) is 2.19. The zero-order chi connectivity index (χ0) is 16.1. The van der Waals surface area contributed by atoms with Crippen molar-refractivity contribution in [3.63, 3.8) is 0 Å². The Balaban J connectivity index is 1.93. The van der Waals surface area contributed by atoms with Gasteiger partial charge in [0.05, 0.1) is 11.9 Å². The second-order valence-corrected chi connectivity index (χ2v) is 4.93. The Morgan fingerprint density at radius 3 is 2.39 bits per heavy atom. The minimum Gasteiger partial charge on any atom is -0.468 e. The molecule has 1 heterocycles. The summed E-state index contributed by atoms with van der Waals surface area (Å²) in [5.74, 6) is 1.12. The zero-order valence-electron chi connectivity index (χ0n) is 12.8. The molecule has 116 valence electrons. The van der Waals surface area contributed by atoms with Gasteiger partial charge in [-0.05, 0) is 24.3 Å². The van der Waals surface area contributed by atoms with Crippen molar-refractivity contribution in [2.24, 2.45) is 0 Å². The smallest absolute Gasteiger partial charge is 0.188 e. The van der Waals surface area contributed by atoms with Gasteiger partial charge in [-0.25, -0.2) is 9.97 Å². The van der Waals surface area contributed by atoms with Crippen molar-refractivity contribution < 1.29 is 9.47 Å². The SMILES string of the molecule is COCOc1ccc(-c2nc(-c3ccccc3)cnc2N)cc1. The zero-order valence-corrected chi connectivity index (χ0v) is 12.8. The Morgan fingerprint density at radius 2 is 1.70 bits per heavy atom. The fraction of sp³-hybridized carbons (Fsp3) is 0.111. The summed E-state index contributed by atoms with van der Waals surface area (Å²) in [6.07, 6.45) is 1.68. The maximum Gasteiger partial charge on any atom is 0.188 e. The summed E-state index contributed by atoms with van der Waals surface area (Å²) in [6, 6.07) is 17.4. The van der Waals surface area contributed by atoms with Gasteiger partial charge in [0.15, 0.2) is 6.79 Å². The van der Waals surface area contributed by atoms with Gasteiger partial charge < -0.3 is 15.2 Å². The van der Waals surface area contributed by atoms with E-state index in [1.54, 1.807) is 13.3 Å². The van der Waals surface area contributed by atoms with Gasteiger partial charge in [0.25, 0.3) is 0 Å². The van der Waals surface area contributed by atoms with Crippen molar-refractivity contribution in [1.82, 2.24) is 9.97 Å². The van der Waals surface area contributed by atoms with Crippen LogP contribution in [0.1, 0.15) is 0 Å². The van der Waals surface area contributed by atoms with Gasteiger partial charge in [-0.1, -0.05) is 30.3 Å². The highest BCUT2D eigenvalue weighted by Crippen LogP contribution is 2.27. The average molecular weight is 307 g/mol. The topological polar surface area (TPSA) is 70.3 Å². The van der Waals surface area contributed by atoms with E-state index in [-0.39, 0.29) is 6.79 Å². The molecule has 1 aromatic heterocycles. The maximum absolute atomic E-state index is 5.99. The Labute approximate surface area is 134 Å². The number of nitrogens with zero attached hydrogens (tertiary/aromatic N) is 2. The second-order valence-electron chi connectivity index (χ2n) is 4.93. The van der Waals surface area contributed by atoms with Crippen molar-refractivity contribution in [1.29, 1.82) is 0 Å². The number of aromatic nitrogens is 2. The average Bonchev–Trinajstić information content (AvgIpc) is 2.62. The number of rotatable bonds is 5. The Kier molecular flexibility index (Phi) is 4.49. The lowest BCUT2D eigenvalue weighted by Gasteiger charge is -2.09. The molecule has 23 heavy (non-hydrogen) atoms. The van der Waals surface area contributed by atoms with Crippen LogP contribution in [0.15, 0.2) is 60.8 Å². The van der Waals surface area contributed by atoms with E-state index < -0.39 is 0 Å². The molecule has 5 heteroatoms. The van der Waals surface area contributed by atoms with E-state index in [4.69, 9.17) is 15.2 Å². The monoisotopic (exact) mass is 307 g/mol.